The third-order valence-electron chi connectivity index (χ3n) is 2.93. The van der Waals surface area contributed by atoms with Crippen LogP contribution in [-0.4, -0.2) is 10.9 Å². The van der Waals surface area contributed by atoms with Crippen LogP contribution < -0.4 is 16.6 Å². The number of benzene rings is 1. The van der Waals surface area contributed by atoms with Crippen molar-refractivity contribution in [3.63, 3.8) is 0 Å². The first kappa shape index (κ1) is 14.1. The molecule has 1 heterocycles. The molecule has 0 spiro atoms. The van der Waals surface area contributed by atoms with Crippen LogP contribution in [0, 0.1) is 13.8 Å². The summed E-state index contributed by atoms with van der Waals surface area (Å²) in [4.78, 5) is 16.4. The van der Waals surface area contributed by atoms with Crippen molar-refractivity contribution in [2.24, 2.45) is 5.84 Å². The summed E-state index contributed by atoms with van der Waals surface area (Å²) in [5.41, 5.74) is 4.56. The molecule has 6 nitrogen and oxygen atoms in total. The van der Waals surface area contributed by atoms with E-state index in [-0.39, 0.29) is 11.9 Å². The van der Waals surface area contributed by atoms with Crippen LogP contribution in [0.5, 0.6) is 0 Å². The van der Waals surface area contributed by atoms with Crippen molar-refractivity contribution < 1.29 is 9.21 Å². The van der Waals surface area contributed by atoms with E-state index in [0.717, 1.165) is 5.56 Å². The zero-order chi connectivity index (χ0) is 14.7. The van der Waals surface area contributed by atoms with E-state index in [4.69, 9.17) is 10.3 Å². The molecule has 0 aliphatic heterocycles. The Morgan fingerprint density at radius 1 is 1.40 bits per heavy atom. The molecule has 0 aliphatic carbocycles. The van der Waals surface area contributed by atoms with Gasteiger partial charge in [-0.3, -0.25) is 10.6 Å². The third-order valence-corrected chi connectivity index (χ3v) is 2.93. The van der Waals surface area contributed by atoms with Gasteiger partial charge in [-0.25, -0.2) is 4.98 Å². The second kappa shape index (κ2) is 5.75. The molecule has 0 bridgehead atoms. The number of hydrogen-bond donors (Lipinski definition) is 3. The lowest BCUT2D eigenvalue weighted by Crippen LogP contribution is -2.28. The van der Waals surface area contributed by atoms with Gasteiger partial charge in [0.25, 0.3) is 5.91 Å². The van der Waals surface area contributed by atoms with Crippen molar-refractivity contribution >= 4 is 11.6 Å². The molecule has 0 saturated heterocycles. The number of carbonyl (C=O) groups excluding carboxylic acids is 1. The lowest BCUT2D eigenvalue weighted by Gasteiger charge is -2.13. The highest BCUT2D eigenvalue weighted by Gasteiger charge is 2.17. The summed E-state index contributed by atoms with van der Waals surface area (Å²) in [6.07, 6.45) is 1.62. The quantitative estimate of drug-likeness (QED) is 0.586. The highest BCUT2D eigenvalue weighted by atomic mass is 16.4. The van der Waals surface area contributed by atoms with Crippen molar-refractivity contribution in [3.8, 4) is 0 Å². The Morgan fingerprint density at radius 3 is 2.75 bits per heavy atom. The Labute approximate surface area is 117 Å². The fourth-order valence-corrected chi connectivity index (χ4v) is 1.88. The Hall–Kier alpha value is -2.34. The molecule has 1 amide bonds. The van der Waals surface area contributed by atoms with Gasteiger partial charge in [0, 0.05) is 0 Å². The molecular weight excluding hydrogens is 256 g/mol. The Bertz CT molecular complexity index is 621. The van der Waals surface area contributed by atoms with Gasteiger partial charge < -0.3 is 15.2 Å². The number of hydrogen-bond acceptors (Lipinski definition) is 5. The minimum absolute atomic E-state index is 0.231. The molecular formula is C14H18N4O2. The smallest absolute Gasteiger partial charge is 0.254 e. The molecule has 0 fully saturated rings. The molecule has 4 N–H and O–H groups in total. The topological polar surface area (TPSA) is 93.2 Å². The summed E-state index contributed by atoms with van der Waals surface area (Å²) in [5, 5.41) is 2.84. The maximum Gasteiger partial charge on any atom is 0.254 e. The first-order valence-electron chi connectivity index (χ1n) is 6.31. The van der Waals surface area contributed by atoms with Crippen molar-refractivity contribution in [2.45, 2.75) is 26.8 Å². The van der Waals surface area contributed by atoms with E-state index in [0.29, 0.717) is 22.9 Å². The van der Waals surface area contributed by atoms with Crippen molar-refractivity contribution in [2.75, 3.05) is 5.43 Å². The normalized spacial score (nSPS) is 12.0. The van der Waals surface area contributed by atoms with E-state index in [1.807, 2.05) is 26.8 Å². The van der Waals surface area contributed by atoms with Crippen LogP contribution in [0.25, 0.3) is 0 Å². The molecule has 2 aromatic rings. The minimum Gasteiger partial charge on any atom is -0.444 e. The maximum absolute atomic E-state index is 12.3. The second-order valence-electron chi connectivity index (χ2n) is 4.70. The van der Waals surface area contributed by atoms with Crippen molar-refractivity contribution in [3.05, 3.63) is 47.2 Å². The molecule has 1 unspecified atom stereocenters. The number of rotatable bonds is 4. The van der Waals surface area contributed by atoms with Gasteiger partial charge in [-0.1, -0.05) is 11.6 Å². The number of anilines is 1. The van der Waals surface area contributed by atoms with Crippen molar-refractivity contribution in [1.29, 1.82) is 0 Å². The van der Waals surface area contributed by atoms with Gasteiger partial charge in [-0.2, -0.15) is 0 Å². The molecule has 1 atom stereocenters. The predicted molar refractivity (Wildman–Crippen MR) is 76.1 cm³/mol. The summed E-state index contributed by atoms with van der Waals surface area (Å²) in [5.74, 6) is 6.38. The summed E-state index contributed by atoms with van der Waals surface area (Å²) < 4.78 is 5.40. The number of hydrazine groups is 1. The average molecular weight is 274 g/mol. The number of amides is 1. The molecule has 0 radical (unpaired) electrons. The largest absolute Gasteiger partial charge is 0.444 e. The second-order valence-corrected chi connectivity index (χ2v) is 4.70. The number of carbonyl (C=O) groups is 1. The molecule has 20 heavy (non-hydrogen) atoms. The van der Waals surface area contributed by atoms with E-state index in [9.17, 15) is 4.79 Å². The fourth-order valence-electron chi connectivity index (χ4n) is 1.88. The van der Waals surface area contributed by atoms with Gasteiger partial charge in [0.1, 0.15) is 11.8 Å². The molecule has 6 heteroatoms. The molecule has 0 saturated carbocycles. The van der Waals surface area contributed by atoms with Gasteiger partial charge >= 0.3 is 0 Å². The van der Waals surface area contributed by atoms with Gasteiger partial charge in [0.15, 0.2) is 0 Å². The highest BCUT2D eigenvalue weighted by Crippen LogP contribution is 2.18. The van der Waals surface area contributed by atoms with Gasteiger partial charge in [-0.05, 0) is 32.9 Å². The van der Waals surface area contributed by atoms with Gasteiger partial charge in [0.2, 0.25) is 5.89 Å². The predicted octanol–water partition coefficient (Wildman–Crippen LogP) is 2.07. The van der Waals surface area contributed by atoms with Gasteiger partial charge in [-0.15, -0.1) is 0 Å². The standard InChI is InChI=1S/C14H18N4O2/c1-8-4-5-12(18-15)11(6-8)13(19)17-10(3)14-16-7-9(2)20-14/h4-7,10,18H,15H2,1-3H3,(H,17,19). The Kier molecular flexibility index (Phi) is 4.05. The number of nitrogens with two attached hydrogens (primary N) is 1. The molecule has 1 aromatic carbocycles. The van der Waals surface area contributed by atoms with E-state index in [1.54, 1.807) is 18.3 Å². The summed E-state index contributed by atoms with van der Waals surface area (Å²) in [6.45, 7) is 5.54. The molecule has 2 rings (SSSR count). The van der Waals surface area contributed by atoms with Crippen LogP contribution in [0.1, 0.15) is 40.5 Å². The number of oxazole rings is 1. The summed E-state index contributed by atoms with van der Waals surface area (Å²) in [7, 11) is 0. The summed E-state index contributed by atoms with van der Waals surface area (Å²) >= 11 is 0. The fraction of sp³-hybridized carbons (Fsp3) is 0.286. The van der Waals surface area contributed by atoms with Gasteiger partial charge in [0.05, 0.1) is 17.4 Å². The van der Waals surface area contributed by atoms with Crippen LogP contribution in [0.15, 0.2) is 28.8 Å². The van der Waals surface area contributed by atoms with Crippen LogP contribution in [0.2, 0.25) is 0 Å². The van der Waals surface area contributed by atoms with Crippen molar-refractivity contribution in [1.82, 2.24) is 10.3 Å². The van der Waals surface area contributed by atoms with Crippen LogP contribution in [-0.2, 0) is 0 Å². The zero-order valence-electron chi connectivity index (χ0n) is 11.7. The maximum atomic E-state index is 12.3. The molecule has 0 aliphatic rings. The summed E-state index contributed by atoms with van der Waals surface area (Å²) in [6, 6.07) is 5.11. The lowest BCUT2D eigenvalue weighted by atomic mass is 10.1. The van der Waals surface area contributed by atoms with E-state index < -0.39 is 0 Å². The Balaban J connectivity index is 2.18. The molecule has 106 valence electrons. The number of nitrogens with one attached hydrogen (secondary N) is 2. The third kappa shape index (κ3) is 2.97. The number of nitrogens with zero attached hydrogens (tertiary/aromatic N) is 1. The van der Waals surface area contributed by atoms with Crippen LogP contribution >= 0.6 is 0 Å². The van der Waals surface area contributed by atoms with E-state index in [1.165, 1.54) is 0 Å². The zero-order valence-corrected chi connectivity index (χ0v) is 11.7. The Morgan fingerprint density at radius 2 is 2.15 bits per heavy atom. The van der Waals surface area contributed by atoms with E-state index >= 15 is 0 Å². The lowest BCUT2D eigenvalue weighted by molar-refractivity contribution is 0.0934. The number of aryl methyl sites for hydroxylation is 2. The minimum atomic E-state index is -0.317. The van der Waals surface area contributed by atoms with Crippen LogP contribution in [0.4, 0.5) is 5.69 Å². The molecule has 1 aromatic heterocycles. The average Bonchev–Trinajstić information content (AvgIpc) is 2.85. The number of nitrogen functional groups attached to an aromatic ring is 1. The van der Waals surface area contributed by atoms with Crippen LogP contribution in [0.3, 0.4) is 0 Å². The first-order chi connectivity index (χ1) is 9.51. The monoisotopic (exact) mass is 274 g/mol. The SMILES string of the molecule is Cc1ccc(NN)c(C(=O)NC(C)c2ncc(C)o2)c1. The number of aromatic nitrogens is 1. The van der Waals surface area contributed by atoms with E-state index in [2.05, 4.69) is 15.7 Å². The first-order valence-corrected chi connectivity index (χ1v) is 6.31. The highest BCUT2D eigenvalue weighted by molar-refractivity contribution is 5.99.